The molecule has 1 amide bonds. The number of carbonyl (C=O) groups excluding carboxylic acids is 2. The molecule has 0 saturated carbocycles. The first-order valence-corrected chi connectivity index (χ1v) is 12.0. The fourth-order valence-electron chi connectivity index (χ4n) is 4.13. The zero-order valence-electron chi connectivity index (χ0n) is 20.3. The summed E-state index contributed by atoms with van der Waals surface area (Å²) in [4.78, 5) is 33.9. The number of ether oxygens (including phenoxy) is 3. The van der Waals surface area contributed by atoms with Crippen molar-refractivity contribution in [3.63, 3.8) is 0 Å². The smallest absolute Gasteiger partial charge is 0.252 e. The summed E-state index contributed by atoms with van der Waals surface area (Å²) >= 11 is 6.52. The highest BCUT2D eigenvalue weighted by Gasteiger charge is 2.39. The van der Waals surface area contributed by atoms with E-state index in [2.05, 4.69) is 20.6 Å². The molecule has 10 heteroatoms. The number of nitrogens with one attached hydrogen (secondary N) is 3. The average Bonchev–Trinajstić information content (AvgIpc) is 3.33. The van der Waals surface area contributed by atoms with Crippen LogP contribution in [0.3, 0.4) is 0 Å². The van der Waals surface area contributed by atoms with Crippen LogP contribution in [0.4, 0.5) is 11.4 Å². The maximum atomic E-state index is 13.6. The molecular weight excluding hydrogens is 496 g/mol. The van der Waals surface area contributed by atoms with Crippen LogP contribution in [0.2, 0.25) is 5.02 Å². The minimum absolute atomic E-state index is 0.105. The maximum Gasteiger partial charge on any atom is 0.252 e. The highest BCUT2D eigenvalue weighted by Crippen LogP contribution is 2.39. The molecule has 4 aromatic rings. The number of hydrogen-bond donors (Lipinski definition) is 3. The lowest BCUT2D eigenvalue weighted by molar-refractivity contribution is -0.122. The number of anilines is 2. The number of H-pyrrole nitrogens is 1. The minimum Gasteiger partial charge on any atom is -0.457 e. The van der Waals surface area contributed by atoms with E-state index in [1.54, 1.807) is 44.6 Å². The van der Waals surface area contributed by atoms with Crippen LogP contribution in [0.15, 0.2) is 60.9 Å². The van der Waals surface area contributed by atoms with Crippen molar-refractivity contribution < 1.29 is 23.8 Å². The van der Waals surface area contributed by atoms with E-state index in [0.29, 0.717) is 58.2 Å². The molecule has 3 heterocycles. The summed E-state index contributed by atoms with van der Waals surface area (Å²) < 4.78 is 16.5. The zero-order valence-corrected chi connectivity index (χ0v) is 21.0. The molecule has 3 N–H and O–H groups in total. The predicted octanol–water partition coefficient (Wildman–Crippen LogP) is 5.03. The van der Waals surface area contributed by atoms with Gasteiger partial charge >= 0.3 is 0 Å². The summed E-state index contributed by atoms with van der Waals surface area (Å²) in [5, 5.41) is 6.96. The summed E-state index contributed by atoms with van der Waals surface area (Å²) in [7, 11) is 1.58. The number of ketones is 1. The Morgan fingerprint density at radius 1 is 1.08 bits per heavy atom. The molecule has 2 aromatic heterocycles. The number of para-hydroxylation sites is 1. The summed E-state index contributed by atoms with van der Waals surface area (Å²) in [6, 6.07) is 14.2. The van der Waals surface area contributed by atoms with Crippen LogP contribution in [0, 0.1) is 0 Å². The first kappa shape index (κ1) is 24.8. The number of fused-ring (bicyclic) bond motifs is 3. The Labute approximate surface area is 218 Å². The lowest BCUT2D eigenvalue weighted by Gasteiger charge is -2.35. The topological polar surface area (TPSA) is 115 Å². The lowest BCUT2D eigenvalue weighted by Crippen LogP contribution is -2.53. The fourth-order valence-corrected chi connectivity index (χ4v) is 4.38. The molecule has 0 saturated heterocycles. The van der Waals surface area contributed by atoms with Crippen molar-refractivity contribution in [2.75, 3.05) is 37.6 Å². The molecule has 37 heavy (non-hydrogen) atoms. The SMILES string of the molecule is COCCOCC1(C)Nc2c(cnc3[nH]cc(C(=O)c4ccc(Oc5ccccc5)cc4Cl)c23)NC1=O. The van der Waals surface area contributed by atoms with E-state index in [0.717, 1.165) is 0 Å². The number of aromatic nitrogens is 2. The van der Waals surface area contributed by atoms with Gasteiger partial charge in [-0.25, -0.2) is 4.98 Å². The van der Waals surface area contributed by atoms with Crippen LogP contribution in [0.5, 0.6) is 11.5 Å². The van der Waals surface area contributed by atoms with Gasteiger partial charge in [-0.05, 0) is 31.2 Å². The molecule has 0 spiro atoms. The maximum absolute atomic E-state index is 13.6. The van der Waals surface area contributed by atoms with Gasteiger partial charge in [-0.1, -0.05) is 29.8 Å². The Kier molecular flexibility index (Phi) is 6.84. The standard InChI is InChI=1S/C27H25ClN4O5/c1-27(15-36-11-10-35-2)26(34)31-21-14-30-25-22(23(21)32-27)19(13-29-25)24(33)18-9-8-17(12-20(18)28)37-16-6-4-3-5-7-16/h3-9,12-14,32H,10-11,15H2,1-2H3,(H,29,30)(H,31,34). The van der Waals surface area contributed by atoms with E-state index < -0.39 is 5.54 Å². The molecule has 2 aromatic carbocycles. The molecule has 0 fully saturated rings. The van der Waals surface area contributed by atoms with Gasteiger partial charge in [-0.15, -0.1) is 0 Å². The molecule has 1 aliphatic heterocycles. The molecule has 1 aliphatic rings. The van der Waals surface area contributed by atoms with Gasteiger partial charge in [0.25, 0.3) is 5.91 Å². The zero-order chi connectivity index (χ0) is 26.0. The number of hydrogen-bond acceptors (Lipinski definition) is 7. The number of rotatable bonds is 9. The van der Waals surface area contributed by atoms with E-state index in [9.17, 15) is 9.59 Å². The number of benzene rings is 2. The second-order valence-corrected chi connectivity index (χ2v) is 9.22. The van der Waals surface area contributed by atoms with Crippen molar-refractivity contribution in [2.24, 2.45) is 0 Å². The summed E-state index contributed by atoms with van der Waals surface area (Å²) in [6.45, 7) is 2.60. The summed E-state index contributed by atoms with van der Waals surface area (Å²) in [5.41, 5.74) is 1.15. The largest absolute Gasteiger partial charge is 0.457 e. The third-order valence-electron chi connectivity index (χ3n) is 6.08. The molecule has 1 unspecified atom stereocenters. The van der Waals surface area contributed by atoms with Crippen molar-refractivity contribution in [3.05, 3.63) is 77.1 Å². The van der Waals surface area contributed by atoms with Crippen LogP contribution < -0.4 is 15.4 Å². The first-order valence-electron chi connectivity index (χ1n) is 11.6. The summed E-state index contributed by atoms with van der Waals surface area (Å²) in [5.74, 6) is 0.613. The van der Waals surface area contributed by atoms with Crippen molar-refractivity contribution >= 4 is 45.7 Å². The monoisotopic (exact) mass is 520 g/mol. The number of halogens is 1. The predicted molar refractivity (Wildman–Crippen MR) is 141 cm³/mol. The first-order chi connectivity index (χ1) is 17.9. The second-order valence-electron chi connectivity index (χ2n) is 8.82. The van der Waals surface area contributed by atoms with Crippen LogP contribution in [0.25, 0.3) is 11.0 Å². The van der Waals surface area contributed by atoms with Crippen molar-refractivity contribution in [1.29, 1.82) is 0 Å². The van der Waals surface area contributed by atoms with Gasteiger partial charge in [0.2, 0.25) is 0 Å². The highest BCUT2D eigenvalue weighted by molar-refractivity contribution is 6.36. The number of amides is 1. The van der Waals surface area contributed by atoms with Gasteiger partial charge in [-0.2, -0.15) is 0 Å². The number of nitrogens with zero attached hydrogens (tertiary/aromatic N) is 1. The number of methoxy groups -OCH3 is 1. The molecule has 0 bridgehead atoms. The second kappa shape index (κ2) is 10.2. The Bertz CT molecular complexity index is 1470. The van der Waals surface area contributed by atoms with Crippen molar-refractivity contribution in [2.45, 2.75) is 12.5 Å². The third kappa shape index (κ3) is 4.89. The molecule has 5 rings (SSSR count). The fraction of sp³-hybridized carbons (Fsp3) is 0.222. The van der Waals surface area contributed by atoms with Crippen LogP contribution >= 0.6 is 11.6 Å². The third-order valence-corrected chi connectivity index (χ3v) is 6.40. The van der Waals surface area contributed by atoms with Crippen LogP contribution in [0.1, 0.15) is 22.8 Å². The van der Waals surface area contributed by atoms with E-state index in [4.69, 9.17) is 25.8 Å². The molecule has 0 radical (unpaired) electrons. The van der Waals surface area contributed by atoms with Gasteiger partial charge in [0.1, 0.15) is 22.7 Å². The number of aromatic amines is 1. The van der Waals surface area contributed by atoms with Gasteiger partial charge < -0.3 is 29.8 Å². The quantitative estimate of drug-likeness (QED) is 0.209. The molecular formula is C27H25ClN4O5. The highest BCUT2D eigenvalue weighted by atomic mass is 35.5. The van der Waals surface area contributed by atoms with Crippen molar-refractivity contribution in [1.82, 2.24) is 9.97 Å². The number of carbonyl (C=O) groups is 2. The molecule has 0 aliphatic carbocycles. The Balaban J connectivity index is 1.46. The van der Waals surface area contributed by atoms with Crippen molar-refractivity contribution in [3.8, 4) is 11.5 Å². The van der Waals surface area contributed by atoms with E-state index in [-0.39, 0.29) is 23.3 Å². The molecule has 1 atom stereocenters. The Morgan fingerprint density at radius 3 is 2.65 bits per heavy atom. The molecule has 190 valence electrons. The molecule has 9 nitrogen and oxygen atoms in total. The number of pyridine rings is 1. The Hall–Kier alpha value is -3.92. The van der Waals surface area contributed by atoms with Gasteiger partial charge in [0, 0.05) is 24.9 Å². The van der Waals surface area contributed by atoms with Gasteiger partial charge in [0.15, 0.2) is 5.78 Å². The Morgan fingerprint density at radius 2 is 1.89 bits per heavy atom. The van der Waals surface area contributed by atoms with Gasteiger partial charge in [0.05, 0.1) is 53.4 Å². The van der Waals surface area contributed by atoms with E-state index in [1.165, 1.54) is 0 Å². The van der Waals surface area contributed by atoms with E-state index >= 15 is 0 Å². The lowest BCUT2D eigenvalue weighted by atomic mass is 9.96. The average molecular weight is 521 g/mol. The van der Waals surface area contributed by atoms with E-state index in [1.807, 2.05) is 30.3 Å². The minimum atomic E-state index is -1.07. The normalized spacial score (nSPS) is 16.7. The van der Waals surface area contributed by atoms with Crippen LogP contribution in [-0.4, -0.2) is 54.1 Å². The summed E-state index contributed by atoms with van der Waals surface area (Å²) in [6.07, 6.45) is 3.14. The van der Waals surface area contributed by atoms with Crippen LogP contribution in [-0.2, 0) is 14.3 Å². The van der Waals surface area contributed by atoms with Gasteiger partial charge in [-0.3, -0.25) is 9.59 Å².